The molecule has 0 radical (unpaired) electrons. The van der Waals surface area contributed by atoms with Gasteiger partial charge >= 0.3 is 0 Å². The molecule has 0 unspecified atom stereocenters. The molecule has 0 aromatic heterocycles. The molecule has 23 heavy (non-hydrogen) atoms. The molecule has 0 aliphatic rings. The number of sulfone groups is 1. The van der Waals surface area contributed by atoms with Gasteiger partial charge < -0.3 is 4.90 Å². The average molecular weight is 360 g/mol. The summed E-state index contributed by atoms with van der Waals surface area (Å²) in [6.07, 6.45) is 0. The first-order chi connectivity index (χ1) is 10.6. The van der Waals surface area contributed by atoms with E-state index in [0.29, 0.717) is 35.5 Å². The Morgan fingerprint density at radius 3 is 1.96 bits per heavy atom. The van der Waals surface area contributed by atoms with Crippen molar-refractivity contribution in [2.45, 2.75) is 33.4 Å². The van der Waals surface area contributed by atoms with Crippen molar-refractivity contribution in [3.63, 3.8) is 0 Å². The van der Waals surface area contributed by atoms with E-state index in [1.807, 2.05) is 27.7 Å². The van der Waals surface area contributed by atoms with E-state index in [4.69, 9.17) is 11.6 Å². The van der Waals surface area contributed by atoms with Crippen LogP contribution in [-0.4, -0.2) is 38.1 Å². The van der Waals surface area contributed by atoms with Gasteiger partial charge in [-0.15, -0.1) is 0 Å². The zero-order valence-electron chi connectivity index (χ0n) is 14.3. The first-order valence-corrected chi connectivity index (χ1v) is 10.0. The molecular formula is C17H26ClNO3S. The number of amides is 1. The lowest BCUT2D eigenvalue weighted by atomic mass is 10.1. The summed E-state index contributed by atoms with van der Waals surface area (Å²) in [5.41, 5.74) is 0.640. The van der Waals surface area contributed by atoms with E-state index < -0.39 is 15.6 Å². The Kier molecular flexibility index (Phi) is 7.55. The van der Waals surface area contributed by atoms with E-state index in [-0.39, 0.29) is 11.7 Å². The summed E-state index contributed by atoms with van der Waals surface area (Å²) in [5.74, 6) is -0.308. The highest BCUT2D eigenvalue weighted by molar-refractivity contribution is 7.91. The summed E-state index contributed by atoms with van der Waals surface area (Å²) in [6.45, 7) is 9.22. The highest BCUT2D eigenvalue weighted by Crippen LogP contribution is 2.13. The molecule has 130 valence electrons. The van der Waals surface area contributed by atoms with Gasteiger partial charge in [0.2, 0.25) is 5.91 Å². The van der Waals surface area contributed by atoms with Crippen LogP contribution in [0.4, 0.5) is 0 Å². The minimum absolute atomic E-state index is 0.146. The van der Waals surface area contributed by atoms with E-state index in [1.165, 1.54) is 0 Å². The fourth-order valence-corrected chi connectivity index (χ4v) is 3.81. The number of nitrogens with zero attached hydrogens (tertiary/aromatic N) is 1. The maximum atomic E-state index is 12.4. The first kappa shape index (κ1) is 20.0. The number of rotatable bonds is 8. The maximum Gasteiger partial charge on any atom is 0.237 e. The minimum atomic E-state index is -3.50. The Morgan fingerprint density at radius 2 is 1.52 bits per heavy atom. The molecule has 0 heterocycles. The monoisotopic (exact) mass is 359 g/mol. The topological polar surface area (TPSA) is 54.5 Å². The van der Waals surface area contributed by atoms with Crippen LogP contribution in [0, 0.1) is 11.8 Å². The molecule has 0 N–H and O–H groups in total. The molecule has 1 aromatic carbocycles. The average Bonchev–Trinajstić information content (AvgIpc) is 2.38. The first-order valence-electron chi connectivity index (χ1n) is 7.81. The fourth-order valence-electron chi connectivity index (χ4n) is 2.32. The Hall–Kier alpha value is -1.07. The predicted molar refractivity (Wildman–Crippen MR) is 95.2 cm³/mol. The van der Waals surface area contributed by atoms with Gasteiger partial charge in [-0.3, -0.25) is 4.79 Å². The number of hydrogen-bond donors (Lipinski definition) is 0. The van der Waals surface area contributed by atoms with Crippen LogP contribution in [0.5, 0.6) is 0 Å². The summed E-state index contributed by atoms with van der Waals surface area (Å²) in [7, 11) is -3.50. The second kappa shape index (κ2) is 8.69. The third-order valence-corrected chi connectivity index (χ3v) is 4.88. The van der Waals surface area contributed by atoms with Crippen LogP contribution >= 0.6 is 11.6 Å². The lowest BCUT2D eigenvalue weighted by Crippen LogP contribution is -2.40. The summed E-state index contributed by atoms with van der Waals surface area (Å²) in [4.78, 5) is 14.1. The molecule has 6 heteroatoms. The van der Waals surface area contributed by atoms with E-state index in [9.17, 15) is 13.2 Å². The lowest BCUT2D eigenvalue weighted by Gasteiger charge is -2.26. The van der Waals surface area contributed by atoms with E-state index in [0.717, 1.165) is 0 Å². The van der Waals surface area contributed by atoms with Crippen molar-refractivity contribution in [3.8, 4) is 0 Å². The fraction of sp³-hybridized carbons (Fsp3) is 0.588. The molecule has 0 bridgehead atoms. The van der Waals surface area contributed by atoms with Gasteiger partial charge in [-0.2, -0.15) is 0 Å². The summed E-state index contributed by atoms with van der Waals surface area (Å²) in [5, 5.41) is 0.558. The SMILES string of the molecule is CC(C)CN(CC(C)C)C(=O)CS(=O)(=O)Cc1ccc(Cl)cc1. The van der Waals surface area contributed by atoms with Gasteiger partial charge in [-0.05, 0) is 29.5 Å². The normalized spacial score (nSPS) is 12.0. The Morgan fingerprint density at radius 1 is 1.04 bits per heavy atom. The molecule has 0 aliphatic carbocycles. The van der Waals surface area contributed by atoms with Crippen molar-refractivity contribution in [1.29, 1.82) is 0 Å². The highest BCUT2D eigenvalue weighted by atomic mass is 35.5. The number of halogens is 1. The van der Waals surface area contributed by atoms with Crippen LogP contribution in [0.1, 0.15) is 33.3 Å². The van der Waals surface area contributed by atoms with Crippen molar-refractivity contribution in [2.75, 3.05) is 18.8 Å². The molecule has 0 saturated carbocycles. The number of carbonyl (C=O) groups is 1. The predicted octanol–water partition coefficient (Wildman–Crippen LogP) is 3.40. The largest absolute Gasteiger partial charge is 0.341 e. The van der Waals surface area contributed by atoms with Crippen molar-refractivity contribution >= 4 is 27.3 Å². The van der Waals surface area contributed by atoms with Crippen molar-refractivity contribution in [3.05, 3.63) is 34.9 Å². The molecule has 0 atom stereocenters. The second-order valence-corrected chi connectivity index (χ2v) is 9.25. The van der Waals surface area contributed by atoms with Gasteiger partial charge in [0, 0.05) is 18.1 Å². The van der Waals surface area contributed by atoms with Gasteiger partial charge in [0.1, 0.15) is 5.75 Å². The van der Waals surface area contributed by atoms with Crippen LogP contribution in [0.3, 0.4) is 0 Å². The van der Waals surface area contributed by atoms with Crippen molar-refractivity contribution in [2.24, 2.45) is 11.8 Å². The van der Waals surface area contributed by atoms with Gasteiger partial charge in [-0.25, -0.2) is 8.42 Å². The summed E-state index contributed by atoms with van der Waals surface area (Å²) < 4.78 is 24.6. The molecule has 0 saturated heterocycles. The van der Waals surface area contributed by atoms with E-state index in [2.05, 4.69) is 0 Å². The lowest BCUT2D eigenvalue weighted by molar-refractivity contribution is -0.129. The van der Waals surface area contributed by atoms with E-state index >= 15 is 0 Å². The zero-order valence-corrected chi connectivity index (χ0v) is 15.8. The second-order valence-electron chi connectivity index (χ2n) is 6.75. The quantitative estimate of drug-likeness (QED) is 0.714. The molecule has 0 aliphatic heterocycles. The summed E-state index contributed by atoms with van der Waals surface area (Å²) >= 11 is 5.80. The maximum absolute atomic E-state index is 12.4. The smallest absolute Gasteiger partial charge is 0.237 e. The molecule has 0 spiro atoms. The van der Waals surface area contributed by atoms with Crippen LogP contribution in [0.15, 0.2) is 24.3 Å². The van der Waals surface area contributed by atoms with Gasteiger partial charge in [0.05, 0.1) is 5.75 Å². The Balaban J connectivity index is 2.76. The van der Waals surface area contributed by atoms with Gasteiger partial charge in [0.25, 0.3) is 0 Å². The molecular weight excluding hydrogens is 334 g/mol. The van der Waals surface area contributed by atoms with Crippen molar-refractivity contribution < 1.29 is 13.2 Å². The number of benzene rings is 1. The third-order valence-electron chi connectivity index (χ3n) is 3.17. The molecule has 1 amide bonds. The Labute approximate surface area is 144 Å². The van der Waals surface area contributed by atoms with Crippen molar-refractivity contribution in [1.82, 2.24) is 4.90 Å². The van der Waals surface area contributed by atoms with Gasteiger partial charge in [-0.1, -0.05) is 51.4 Å². The molecule has 1 rings (SSSR count). The number of carbonyl (C=O) groups excluding carboxylic acids is 1. The Bertz CT molecular complexity index is 599. The summed E-state index contributed by atoms with van der Waals surface area (Å²) in [6, 6.07) is 6.64. The minimum Gasteiger partial charge on any atom is -0.341 e. The van der Waals surface area contributed by atoms with Crippen LogP contribution < -0.4 is 0 Å². The van der Waals surface area contributed by atoms with Crippen LogP contribution in [-0.2, 0) is 20.4 Å². The van der Waals surface area contributed by atoms with E-state index in [1.54, 1.807) is 29.2 Å². The number of hydrogen-bond acceptors (Lipinski definition) is 3. The third kappa shape index (κ3) is 7.84. The standard InChI is InChI=1S/C17H26ClNO3S/c1-13(2)9-19(10-14(3)4)17(20)12-23(21,22)11-15-5-7-16(18)8-6-15/h5-8,13-14H,9-12H2,1-4H3. The van der Waals surface area contributed by atoms with Gasteiger partial charge in [0.15, 0.2) is 9.84 Å². The van der Waals surface area contributed by atoms with Crippen LogP contribution in [0.25, 0.3) is 0 Å². The molecule has 0 fully saturated rings. The van der Waals surface area contributed by atoms with Crippen LogP contribution in [0.2, 0.25) is 5.02 Å². The zero-order chi connectivity index (χ0) is 17.6. The molecule has 4 nitrogen and oxygen atoms in total. The molecule has 1 aromatic rings. The highest BCUT2D eigenvalue weighted by Gasteiger charge is 2.23.